The first-order valence-electron chi connectivity index (χ1n) is 22.7. The minimum atomic E-state index is -2.84. The minimum absolute atomic E-state index is 0.0182. The molecule has 6 fully saturated rings. The Morgan fingerprint density at radius 1 is 0.969 bits per heavy atom. The molecule has 4 aromatic rings. The molecule has 2 aliphatic carbocycles. The number of likely N-dealkylation sites (tertiary alicyclic amines) is 1. The van der Waals surface area contributed by atoms with Gasteiger partial charge in [-0.3, -0.25) is 38.9 Å². The summed E-state index contributed by atoms with van der Waals surface area (Å²) in [4.78, 5) is 75.2. The van der Waals surface area contributed by atoms with Crippen molar-refractivity contribution in [3.63, 3.8) is 0 Å². The Bertz CT molecular complexity index is 2540. The van der Waals surface area contributed by atoms with E-state index in [9.17, 15) is 32.8 Å². The number of aromatic nitrogens is 3. The minimum Gasteiger partial charge on any atom is -0.384 e. The number of imide groups is 2. The summed E-state index contributed by atoms with van der Waals surface area (Å²) in [6, 6.07) is 8.37. The Kier molecular flexibility index (Phi) is 10.5. The highest BCUT2D eigenvalue weighted by molar-refractivity contribution is 7.17. The molecule has 3 N–H and O–H groups in total. The van der Waals surface area contributed by atoms with Crippen molar-refractivity contribution in [2.75, 3.05) is 54.9 Å². The van der Waals surface area contributed by atoms with E-state index in [2.05, 4.69) is 30.8 Å². The van der Waals surface area contributed by atoms with Crippen LogP contribution in [0.2, 0.25) is 0 Å². The van der Waals surface area contributed by atoms with Crippen molar-refractivity contribution in [2.24, 2.45) is 17.3 Å². The topological polar surface area (TPSA) is 171 Å². The molecule has 7 aliphatic rings. The van der Waals surface area contributed by atoms with Gasteiger partial charge in [-0.05, 0) is 119 Å². The van der Waals surface area contributed by atoms with Gasteiger partial charge in [-0.2, -0.15) is 5.10 Å². The number of piperidine rings is 2. The normalized spacial score (nSPS) is 26.9. The number of hydrogen-bond donors (Lipinski definition) is 3. The highest BCUT2D eigenvalue weighted by atomic mass is 32.1. The number of thiophene rings is 1. The van der Waals surface area contributed by atoms with Crippen molar-refractivity contribution in [1.82, 2.24) is 29.9 Å². The number of fused-ring (bicyclic) bond motifs is 4. The fraction of sp³-hybridized carbons (Fsp3) is 0.543. The monoisotopic (exact) mass is 895 g/mol. The van der Waals surface area contributed by atoms with Crippen molar-refractivity contribution in [2.45, 2.75) is 101 Å². The van der Waals surface area contributed by atoms with Crippen LogP contribution in [-0.2, 0) is 14.3 Å². The second-order valence-corrected chi connectivity index (χ2v) is 20.0. The number of alkyl halides is 2. The van der Waals surface area contributed by atoms with E-state index in [1.54, 1.807) is 34.5 Å². The van der Waals surface area contributed by atoms with E-state index < -0.39 is 47.7 Å². The van der Waals surface area contributed by atoms with Crippen LogP contribution >= 0.6 is 11.3 Å². The molecule has 8 heterocycles. The van der Waals surface area contributed by atoms with Gasteiger partial charge in [0.15, 0.2) is 5.69 Å². The summed E-state index contributed by atoms with van der Waals surface area (Å²) in [6.07, 6.45) is 8.22. The first-order valence-corrected chi connectivity index (χ1v) is 23.6. The summed E-state index contributed by atoms with van der Waals surface area (Å²) in [6.45, 7) is 5.24. The highest BCUT2D eigenvalue weighted by Gasteiger charge is 2.48. The number of rotatable bonds is 11. The highest BCUT2D eigenvalue weighted by Crippen LogP contribution is 2.53. The van der Waals surface area contributed by atoms with Crippen molar-refractivity contribution in [1.29, 1.82) is 0 Å². The van der Waals surface area contributed by atoms with E-state index in [0.717, 1.165) is 99.4 Å². The van der Waals surface area contributed by atoms with Crippen LogP contribution in [0, 0.1) is 17.3 Å². The van der Waals surface area contributed by atoms with Gasteiger partial charge in [-0.15, -0.1) is 11.3 Å². The molecule has 1 aromatic carbocycles. The van der Waals surface area contributed by atoms with Gasteiger partial charge >= 0.3 is 0 Å². The number of nitrogens with one attached hydrogen (secondary N) is 3. The number of amides is 5. The Morgan fingerprint density at radius 2 is 1.78 bits per heavy atom. The summed E-state index contributed by atoms with van der Waals surface area (Å²) >= 11 is 1.41. The molecule has 1 spiro atoms. The number of nitrogens with zero attached hydrogens (tertiary/aromatic N) is 6. The fourth-order valence-corrected chi connectivity index (χ4v) is 12.6. The smallest absolute Gasteiger partial charge is 0.284 e. The van der Waals surface area contributed by atoms with Crippen molar-refractivity contribution >= 4 is 68.3 Å². The molecule has 0 radical (unpaired) electrons. The van der Waals surface area contributed by atoms with Gasteiger partial charge in [0.05, 0.1) is 57.4 Å². The van der Waals surface area contributed by atoms with E-state index in [4.69, 9.17) is 9.72 Å². The van der Waals surface area contributed by atoms with Gasteiger partial charge in [-0.25, -0.2) is 13.8 Å². The zero-order valence-corrected chi connectivity index (χ0v) is 36.2. The summed E-state index contributed by atoms with van der Waals surface area (Å²) in [5.74, 6) is -0.733. The lowest BCUT2D eigenvalue weighted by molar-refractivity contribution is -0.136. The number of carbonyl (C=O) groups is 5. The number of hydrogen-bond acceptors (Lipinski definition) is 12. The summed E-state index contributed by atoms with van der Waals surface area (Å²) < 4.78 is 36.9. The van der Waals surface area contributed by atoms with E-state index in [1.807, 2.05) is 12.1 Å². The van der Waals surface area contributed by atoms with Gasteiger partial charge in [-0.1, -0.05) is 6.07 Å². The SMILES string of the molecule is O=C1CCC(N2C(=O)c3cccc(NCC4CC5(CCN(C[C@H]6CC[C@H](n7cc(NC(=O)c8csc9ccc(N%10C[C@H]%11C[C@@H]%10CO%11)nc89)c(C(F)F)n7)CC6)CC5)C4)c3C2=O)C(=O)N1. The zero-order valence-electron chi connectivity index (χ0n) is 35.4. The number of morpholine rings is 1. The summed E-state index contributed by atoms with van der Waals surface area (Å²) in [5.41, 5.74) is 2.04. The standard InChI is InChI=1S/C46H51F2N9O6S/c47-41(48)40-33(50-42(59)31-24-64-35-9-10-36(51-39(31)35)55-21-29-16-28(55)23-63-29)22-56(53-40)27-6-4-25(5-7-27)20-54-14-12-46(13-15-54)17-26(18-46)19-49-32-3-1-2-30-38(32)45(62)57(44(30)61)34-8-11-37(58)52-43(34)60/h1-3,9-10,22,24-29,34,41,49H,4-8,11-21,23H2,(H,50,59)(H,52,58,60)/t25-,27-,28-,29-,34?/m1/s1. The fourth-order valence-electron chi connectivity index (χ4n) is 11.7. The molecule has 18 heteroatoms. The van der Waals surface area contributed by atoms with Crippen molar-refractivity contribution < 1.29 is 37.5 Å². The van der Waals surface area contributed by atoms with Crippen LogP contribution in [0.15, 0.2) is 41.9 Å². The van der Waals surface area contributed by atoms with Crippen LogP contribution in [-0.4, -0.2) is 112 Å². The largest absolute Gasteiger partial charge is 0.384 e. The van der Waals surface area contributed by atoms with Crippen LogP contribution in [0.25, 0.3) is 10.2 Å². The Hall–Kier alpha value is -5.33. The number of ether oxygens (including phenoxy) is 1. The van der Waals surface area contributed by atoms with E-state index in [0.29, 0.717) is 52.7 Å². The zero-order chi connectivity index (χ0) is 43.9. The van der Waals surface area contributed by atoms with Gasteiger partial charge in [0.25, 0.3) is 24.1 Å². The molecular weight excluding hydrogens is 845 g/mol. The number of benzene rings is 1. The Balaban J connectivity index is 0.645. The van der Waals surface area contributed by atoms with Gasteiger partial charge in [0.1, 0.15) is 11.9 Å². The molecule has 5 amide bonds. The maximum Gasteiger partial charge on any atom is 0.284 e. The maximum absolute atomic E-state index is 14.3. The second-order valence-electron chi connectivity index (χ2n) is 19.1. The average Bonchev–Trinajstić information content (AvgIpc) is 4.13. The molecule has 2 saturated carbocycles. The molecule has 3 atom stereocenters. The molecule has 336 valence electrons. The molecule has 3 aromatic heterocycles. The van der Waals surface area contributed by atoms with Crippen molar-refractivity contribution in [3.05, 3.63) is 64.3 Å². The molecule has 64 heavy (non-hydrogen) atoms. The lowest BCUT2D eigenvalue weighted by Gasteiger charge is -2.53. The molecule has 15 nitrogen and oxygen atoms in total. The Morgan fingerprint density at radius 3 is 2.52 bits per heavy atom. The average molecular weight is 896 g/mol. The van der Waals surface area contributed by atoms with E-state index in [1.165, 1.54) is 11.3 Å². The quantitative estimate of drug-likeness (QED) is 0.143. The number of pyridine rings is 1. The van der Waals surface area contributed by atoms with E-state index in [-0.39, 0.29) is 42.3 Å². The predicted molar refractivity (Wildman–Crippen MR) is 234 cm³/mol. The molecule has 4 saturated heterocycles. The number of carbonyl (C=O) groups excluding carboxylic acids is 5. The number of halogens is 2. The summed E-state index contributed by atoms with van der Waals surface area (Å²) in [7, 11) is 0. The lowest BCUT2D eigenvalue weighted by Crippen LogP contribution is -2.54. The third kappa shape index (κ3) is 7.44. The molecule has 1 unspecified atom stereocenters. The van der Waals surface area contributed by atoms with Gasteiger partial charge < -0.3 is 25.2 Å². The van der Waals surface area contributed by atoms with Crippen LogP contribution in [0.1, 0.15) is 120 Å². The number of anilines is 3. The maximum atomic E-state index is 14.3. The first-order chi connectivity index (χ1) is 31.0. The summed E-state index contributed by atoms with van der Waals surface area (Å²) in [5, 5.41) is 14.5. The van der Waals surface area contributed by atoms with Crippen LogP contribution in [0.3, 0.4) is 0 Å². The molecule has 11 rings (SSSR count). The van der Waals surface area contributed by atoms with Crippen LogP contribution in [0.4, 0.5) is 26.0 Å². The van der Waals surface area contributed by atoms with E-state index >= 15 is 0 Å². The van der Waals surface area contributed by atoms with Gasteiger partial charge in [0, 0.05) is 43.3 Å². The molecule has 2 bridgehead atoms. The molecular formula is C46H51F2N9O6S. The second kappa shape index (κ2) is 16.3. The third-order valence-corrected chi connectivity index (χ3v) is 16.1. The third-order valence-electron chi connectivity index (χ3n) is 15.2. The Labute approximate surface area is 372 Å². The van der Waals surface area contributed by atoms with Crippen LogP contribution < -0.4 is 20.9 Å². The van der Waals surface area contributed by atoms with Gasteiger partial charge in [0.2, 0.25) is 11.8 Å². The molecule has 5 aliphatic heterocycles. The first kappa shape index (κ1) is 41.4. The predicted octanol–water partition coefficient (Wildman–Crippen LogP) is 6.40. The van der Waals surface area contributed by atoms with Crippen LogP contribution in [0.5, 0.6) is 0 Å². The van der Waals surface area contributed by atoms with Crippen molar-refractivity contribution in [3.8, 4) is 0 Å². The lowest BCUT2D eigenvalue weighted by atomic mass is 9.57.